The van der Waals surface area contributed by atoms with Crippen molar-refractivity contribution in [2.45, 2.75) is 52.2 Å². The van der Waals surface area contributed by atoms with Crippen molar-refractivity contribution < 1.29 is 14.3 Å². The summed E-state index contributed by atoms with van der Waals surface area (Å²) in [6.45, 7) is 8.68. The highest BCUT2D eigenvalue weighted by atomic mass is 35.5. The average molecular weight is 326 g/mol. The molecular weight excluding hydrogens is 302 g/mol. The normalized spacial score (nSPS) is 18.3. The van der Waals surface area contributed by atoms with Crippen LogP contribution in [0.2, 0.25) is 5.02 Å². The molecule has 1 aliphatic heterocycles. The number of aryl methyl sites for hydroxylation is 2. The van der Waals surface area contributed by atoms with Gasteiger partial charge in [0.2, 0.25) is 0 Å². The van der Waals surface area contributed by atoms with Crippen molar-refractivity contribution in [3.63, 3.8) is 0 Å². The largest absolute Gasteiger partial charge is 0.478 e. The van der Waals surface area contributed by atoms with Gasteiger partial charge in [0.05, 0.1) is 6.10 Å². The number of amides is 1. The van der Waals surface area contributed by atoms with Crippen LogP contribution in [0.1, 0.15) is 37.8 Å². The van der Waals surface area contributed by atoms with E-state index in [1.165, 1.54) is 0 Å². The molecule has 1 aliphatic rings. The third kappa shape index (κ3) is 4.14. The van der Waals surface area contributed by atoms with Crippen LogP contribution in [0.15, 0.2) is 12.1 Å². The van der Waals surface area contributed by atoms with Crippen LogP contribution in [0.4, 0.5) is 0 Å². The van der Waals surface area contributed by atoms with Gasteiger partial charge in [0.15, 0.2) is 5.60 Å². The van der Waals surface area contributed by atoms with E-state index in [0.29, 0.717) is 12.3 Å². The van der Waals surface area contributed by atoms with Crippen molar-refractivity contribution in [1.29, 1.82) is 0 Å². The number of halogens is 1. The van der Waals surface area contributed by atoms with Crippen molar-refractivity contribution in [2.75, 3.05) is 13.2 Å². The molecule has 1 N–H and O–H groups in total. The number of carbonyl (C=O) groups excluding carboxylic acids is 1. The number of hydrogen-bond acceptors (Lipinski definition) is 3. The van der Waals surface area contributed by atoms with E-state index in [1.54, 1.807) is 13.8 Å². The first-order chi connectivity index (χ1) is 10.3. The highest BCUT2D eigenvalue weighted by molar-refractivity contribution is 6.32. The first kappa shape index (κ1) is 17.1. The fourth-order valence-corrected chi connectivity index (χ4v) is 2.64. The van der Waals surface area contributed by atoms with Gasteiger partial charge in [-0.05, 0) is 63.8 Å². The van der Waals surface area contributed by atoms with Crippen LogP contribution in [-0.2, 0) is 9.53 Å². The van der Waals surface area contributed by atoms with E-state index in [2.05, 4.69) is 5.32 Å². The number of benzene rings is 1. The van der Waals surface area contributed by atoms with Crippen LogP contribution in [0.3, 0.4) is 0 Å². The summed E-state index contributed by atoms with van der Waals surface area (Å²) < 4.78 is 11.4. The number of rotatable bonds is 5. The number of nitrogens with one attached hydrogen (secondary N) is 1. The van der Waals surface area contributed by atoms with Crippen molar-refractivity contribution in [3.05, 3.63) is 28.3 Å². The molecule has 1 aromatic rings. The summed E-state index contributed by atoms with van der Waals surface area (Å²) >= 11 is 6.16. The third-order valence-electron chi connectivity index (χ3n) is 3.84. The molecule has 1 fully saturated rings. The summed E-state index contributed by atoms with van der Waals surface area (Å²) in [5, 5.41) is 3.64. The predicted octanol–water partition coefficient (Wildman–Crippen LogP) is 3.41. The minimum Gasteiger partial charge on any atom is -0.478 e. The summed E-state index contributed by atoms with van der Waals surface area (Å²) in [6.07, 6.45) is 2.18. The third-order valence-corrected chi connectivity index (χ3v) is 4.44. The molecule has 0 bridgehead atoms. The van der Waals surface area contributed by atoms with Gasteiger partial charge in [-0.25, -0.2) is 0 Å². The second-order valence-corrected chi connectivity index (χ2v) is 6.71. The zero-order chi connectivity index (χ0) is 16.3. The monoisotopic (exact) mass is 325 g/mol. The highest BCUT2D eigenvalue weighted by Crippen LogP contribution is 2.28. The van der Waals surface area contributed by atoms with Crippen LogP contribution in [-0.4, -0.2) is 30.8 Å². The number of hydrogen-bond donors (Lipinski definition) is 1. The molecule has 122 valence electrons. The lowest BCUT2D eigenvalue weighted by molar-refractivity contribution is -0.134. The summed E-state index contributed by atoms with van der Waals surface area (Å²) in [6, 6.07) is 3.70. The van der Waals surface area contributed by atoms with Gasteiger partial charge in [-0.1, -0.05) is 11.6 Å². The lowest BCUT2D eigenvalue weighted by Gasteiger charge is -2.26. The lowest BCUT2D eigenvalue weighted by atomic mass is 10.1. The average Bonchev–Trinajstić information content (AvgIpc) is 2.94. The van der Waals surface area contributed by atoms with Crippen LogP contribution in [0.5, 0.6) is 5.75 Å². The Morgan fingerprint density at radius 2 is 2.05 bits per heavy atom. The molecule has 0 unspecified atom stereocenters. The first-order valence-electron chi connectivity index (χ1n) is 7.65. The van der Waals surface area contributed by atoms with Crippen molar-refractivity contribution in [3.8, 4) is 5.75 Å². The van der Waals surface area contributed by atoms with Gasteiger partial charge in [-0.15, -0.1) is 0 Å². The maximum absolute atomic E-state index is 12.3. The smallest absolute Gasteiger partial charge is 0.263 e. The van der Waals surface area contributed by atoms with Crippen molar-refractivity contribution >= 4 is 17.5 Å². The second kappa shape index (κ2) is 6.88. The summed E-state index contributed by atoms with van der Waals surface area (Å²) in [4.78, 5) is 12.3. The predicted molar refractivity (Wildman–Crippen MR) is 87.6 cm³/mol. The second-order valence-electron chi connectivity index (χ2n) is 6.33. The van der Waals surface area contributed by atoms with E-state index in [4.69, 9.17) is 21.1 Å². The minimum absolute atomic E-state index is 0.125. The van der Waals surface area contributed by atoms with Gasteiger partial charge >= 0.3 is 0 Å². The fraction of sp³-hybridized carbons (Fsp3) is 0.588. The molecular formula is C17H24ClNO3. The molecule has 1 aromatic carbocycles. The Hall–Kier alpha value is -1.26. The summed E-state index contributed by atoms with van der Waals surface area (Å²) in [7, 11) is 0. The Balaban J connectivity index is 1.98. The quantitative estimate of drug-likeness (QED) is 0.902. The van der Waals surface area contributed by atoms with E-state index in [0.717, 1.165) is 35.6 Å². The minimum atomic E-state index is -0.953. The van der Waals surface area contributed by atoms with Crippen LogP contribution in [0.25, 0.3) is 0 Å². The zero-order valence-corrected chi connectivity index (χ0v) is 14.4. The van der Waals surface area contributed by atoms with Gasteiger partial charge in [-0.3, -0.25) is 4.79 Å². The van der Waals surface area contributed by atoms with Gasteiger partial charge in [0, 0.05) is 18.2 Å². The maximum Gasteiger partial charge on any atom is 0.263 e. The number of ether oxygens (including phenoxy) is 2. The molecule has 0 spiro atoms. The Morgan fingerprint density at radius 1 is 1.41 bits per heavy atom. The van der Waals surface area contributed by atoms with Crippen molar-refractivity contribution in [1.82, 2.24) is 5.32 Å². The molecule has 22 heavy (non-hydrogen) atoms. The van der Waals surface area contributed by atoms with E-state index in [9.17, 15) is 4.79 Å². The van der Waals surface area contributed by atoms with Crippen LogP contribution < -0.4 is 10.1 Å². The molecule has 5 heteroatoms. The van der Waals surface area contributed by atoms with Gasteiger partial charge in [-0.2, -0.15) is 0 Å². The van der Waals surface area contributed by atoms with E-state index in [1.807, 2.05) is 26.0 Å². The molecule has 1 heterocycles. The SMILES string of the molecule is Cc1cc(OC(C)(C)C(=O)NC[C@@H]2CCCO2)cc(C)c1Cl. The molecule has 1 saturated heterocycles. The molecule has 0 saturated carbocycles. The van der Waals surface area contributed by atoms with Crippen molar-refractivity contribution in [2.24, 2.45) is 0 Å². The molecule has 0 radical (unpaired) electrons. The Labute approximate surface area is 137 Å². The molecule has 1 atom stereocenters. The number of carbonyl (C=O) groups is 1. The molecule has 0 aliphatic carbocycles. The fourth-order valence-electron chi connectivity index (χ4n) is 2.53. The van der Waals surface area contributed by atoms with Crippen LogP contribution in [0, 0.1) is 13.8 Å². The zero-order valence-electron chi connectivity index (χ0n) is 13.7. The standard InChI is InChI=1S/C17H24ClNO3/c1-11-8-14(9-12(2)15(11)18)22-17(3,4)16(20)19-10-13-6-5-7-21-13/h8-9,13H,5-7,10H2,1-4H3,(H,19,20)/t13-/m0/s1. The Morgan fingerprint density at radius 3 is 2.59 bits per heavy atom. The van der Waals surface area contributed by atoms with Gasteiger partial charge in [0.25, 0.3) is 5.91 Å². The Bertz CT molecular complexity index is 528. The molecule has 2 rings (SSSR count). The lowest BCUT2D eigenvalue weighted by Crippen LogP contribution is -2.48. The Kier molecular flexibility index (Phi) is 5.35. The first-order valence-corrected chi connectivity index (χ1v) is 8.03. The molecule has 1 amide bonds. The highest BCUT2D eigenvalue weighted by Gasteiger charge is 2.31. The van der Waals surface area contributed by atoms with Crippen LogP contribution >= 0.6 is 11.6 Å². The van der Waals surface area contributed by atoms with E-state index >= 15 is 0 Å². The molecule has 0 aromatic heterocycles. The van der Waals surface area contributed by atoms with Gasteiger partial charge < -0.3 is 14.8 Å². The summed E-state index contributed by atoms with van der Waals surface area (Å²) in [5.41, 5.74) is 0.921. The topological polar surface area (TPSA) is 47.6 Å². The van der Waals surface area contributed by atoms with E-state index < -0.39 is 5.60 Å². The van der Waals surface area contributed by atoms with Gasteiger partial charge in [0.1, 0.15) is 5.75 Å². The maximum atomic E-state index is 12.3. The molecule has 4 nitrogen and oxygen atoms in total. The summed E-state index contributed by atoms with van der Waals surface area (Å²) in [5.74, 6) is 0.505. The van der Waals surface area contributed by atoms with E-state index in [-0.39, 0.29) is 12.0 Å².